The van der Waals surface area contributed by atoms with Gasteiger partial charge in [0, 0.05) is 13.7 Å². The van der Waals surface area contributed by atoms with Crippen molar-refractivity contribution in [1.29, 1.82) is 0 Å². The molecule has 0 aromatic heterocycles. The summed E-state index contributed by atoms with van der Waals surface area (Å²) >= 11 is 0. The highest BCUT2D eigenvalue weighted by atomic mass is 16.5. The molecule has 1 aliphatic rings. The average Bonchev–Trinajstić information content (AvgIpc) is 2.24. The Morgan fingerprint density at radius 3 is 2.38 bits per heavy atom. The third kappa shape index (κ3) is 4.81. The van der Waals surface area contributed by atoms with E-state index in [0.29, 0.717) is 5.92 Å². The van der Waals surface area contributed by atoms with Gasteiger partial charge in [-0.1, -0.05) is 0 Å². The topological polar surface area (TPSA) is 32.7 Å². The van der Waals surface area contributed by atoms with Crippen molar-refractivity contribution in [3.8, 4) is 0 Å². The third-order valence-electron chi connectivity index (χ3n) is 3.66. The van der Waals surface area contributed by atoms with E-state index in [0.717, 1.165) is 39.0 Å². The van der Waals surface area contributed by atoms with Crippen LogP contribution in [0.15, 0.2) is 0 Å². The van der Waals surface area contributed by atoms with E-state index in [-0.39, 0.29) is 0 Å². The lowest BCUT2D eigenvalue weighted by Gasteiger charge is -2.37. The summed E-state index contributed by atoms with van der Waals surface area (Å²) in [6, 6.07) is 0. The van der Waals surface area contributed by atoms with Gasteiger partial charge in [0.15, 0.2) is 0 Å². The molecule has 0 radical (unpaired) electrons. The molecular formula is C13H27NO2. The molecule has 1 rings (SSSR count). The molecule has 1 heterocycles. The lowest BCUT2D eigenvalue weighted by Crippen LogP contribution is -2.42. The maximum absolute atomic E-state index is 9.94. The van der Waals surface area contributed by atoms with E-state index in [9.17, 15) is 5.11 Å². The van der Waals surface area contributed by atoms with Crippen LogP contribution in [0.2, 0.25) is 0 Å². The van der Waals surface area contributed by atoms with E-state index in [4.69, 9.17) is 4.74 Å². The number of methoxy groups -OCH3 is 1. The molecule has 0 spiro atoms. The number of nitrogens with zero attached hydrogens (tertiary/aromatic N) is 1. The van der Waals surface area contributed by atoms with E-state index in [1.807, 2.05) is 13.8 Å². The summed E-state index contributed by atoms with van der Waals surface area (Å²) in [7, 11) is 1.76. The molecule has 16 heavy (non-hydrogen) atoms. The van der Waals surface area contributed by atoms with E-state index >= 15 is 0 Å². The Morgan fingerprint density at radius 2 is 1.88 bits per heavy atom. The number of unbranched alkanes of at least 4 members (excludes halogenated alkanes) is 1. The van der Waals surface area contributed by atoms with Crippen LogP contribution in [-0.2, 0) is 4.74 Å². The predicted octanol–water partition coefficient (Wildman–Crippen LogP) is 1.90. The molecule has 96 valence electrons. The standard InChI is InChI=1S/C13H27NO2/c1-13(2,15)12-6-9-14(10-7-12)8-4-5-11-16-3/h12,15H,4-11H2,1-3H3. The van der Waals surface area contributed by atoms with Gasteiger partial charge in [0.1, 0.15) is 0 Å². The number of rotatable bonds is 6. The first-order valence-electron chi connectivity index (χ1n) is 6.47. The van der Waals surface area contributed by atoms with Crippen molar-refractivity contribution in [2.24, 2.45) is 5.92 Å². The number of ether oxygens (including phenoxy) is 1. The first kappa shape index (κ1) is 13.9. The van der Waals surface area contributed by atoms with Gasteiger partial charge in [0.25, 0.3) is 0 Å². The zero-order valence-corrected chi connectivity index (χ0v) is 11.0. The molecule has 0 aliphatic carbocycles. The summed E-state index contributed by atoms with van der Waals surface area (Å²) in [6.07, 6.45) is 4.64. The van der Waals surface area contributed by atoms with Gasteiger partial charge in [-0.3, -0.25) is 0 Å². The van der Waals surface area contributed by atoms with Crippen LogP contribution >= 0.6 is 0 Å². The van der Waals surface area contributed by atoms with E-state index in [1.165, 1.54) is 13.0 Å². The van der Waals surface area contributed by atoms with Crippen LogP contribution in [0.25, 0.3) is 0 Å². The number of piperidine rings is 1. The van der Waals surface area contributed by atoms with Gasteiger partial charge in [-0.05, 0) is 65.1 Å². The second-order valence-corrected chi connectivity index (χ2v) is 5.47. The van der Waals surface area contributed by atoms with Gasteiger partial charge >= 0.3 is 0 Å². The van der Waals surface area contributed by atoms with Crippen molar-refractivity contribution >= 4 is 0 Å². The Morgan fingerprint density at radius 1 is 1.25 bits per heavy atom. The van der Waals surface area contributed by atoms with Gasteiger partial charge in [-0.25, -0.2) is 0 Å². The van der Waals surface area contributed by atoms with Crippen molar-refractivity contribution in [1.82, 2.24) is 4.90 Å². The maximum atomic E-state index is 9.94. The summed E-state index contributed by atoms with van der Waals surface area (Å²) < 4.78 is 5.04. The molecule has 3 heteroatoms. The minimum absolute atomic E-state index is 0.475. The fourth-order valence-corrected chi connectivity index (χ4v) is 2.44. The fraction of sp³-hybridized carbons (Fsp3) is 1.00. The van der Waals surface area contributed by atoms with Gasteiger partial charge in [-0.15, -0.1) is 0 Å². The van der Waals surface area contributed by atoms with Crippen molar-refractivity contribution in [2.45, 2.75) is 45.1 Å². The van der Waals surface area contributed by atoms with Crippen LogP contribution in [0.1, 0.15) is 39.5 Å². The fourth-order valence-electron chi connectivity index (χ4n) is 2.44. The lowest BCUT2D eigenvalue weighted by atomic mass is 9.83. The van der Waals surface area contributed by atoms with Crippen molar-refractivity contribution in [3.63, 3.8) is 0 Å². The molecule has 1 saturated heterocycles. The van der Waals surface area contributed by atoms with Crippen LogP contribution in [0, 0.1) is 5.92 Å². The molecule has 1 N–H and O–H groups in total. The molecule has 0 saturated carbocycles. The predicted molar refractivity (Wildman–Crippen MR) is 66.6 cm³/mol. The molecule has 0 atom stereocenters. The molecule has 3 nitrogen and oxygen atoms in total. The quantitative estimate of drug-likeness (QED) is 0.706. The minimum atomic E-state index is -0.498. The summed E-state index contributed by atoms with van der Waals surface area (Å²) in [4.78, 5) is 2.51. The van der Waals surface area contributed by atoms with Crippen LogP contribution in [0.5, 0.6) is 0 Å². The van der Waals surface area contributed by atoms with Crippen LogP contribution in [0.3, 0.4) is 0 Å². The van der Waals surface area contributed by atoms with Gasteiger partial charge < -0.3 is 14.7 Å². The zero-order chi connectivity index (χ0) is 12.0. The molecule has 1 aliphatic heterocycles. The molecule has 1 fully saturated rings. The maximum Gasteiger partial charge on any atom is 0.0620 e. The number of aliphatic hydroxyl groups is 1. The molecule has 0 amide bonds. The van der Waals surface area contributed by atoms with E-state index in [1.54, 1.807) is 7.11 Å². The number of hydrogen-bond donors (Lipinski definition) is 1. The molecule has 0 bridgehead atoms. The summed E-state index contributed by atoms with van der Waals surface area (Å²) in [6.45, 7) is 8.21. The van der Waals surface area contributed by atoms with Crippen molar-refractivity contribution in [2.75, 3.05) is 33.4 Å². The van der Waals surface area contributed by atoms with Crippen molar-refractivity contribution < 1.29 is 9.84 Å². The third-order valence-corrected chi connectivity index (χ3v) is 3.66. The smallest absolute Gasteiger partial charge is 0.0620 e. The second kappa shape index (κ2) is 6.58. The van der Waals surface area contributed by atoms with Gasteiger partial charge in [0.05, 0.1) is 5.60 Å². The van der Waals surface area contributed by atoms with E-state index in [2.05, 4.69) is 4.90 Å². The van der Waals surface area contributed by atoms with Crippen molar-refractivity contribution in [3.05, 3.63) is 0 Å². The first-order chi connectivity index (χ1) is 7.54. The van der Waals surface area contributed by atoms with Crippen LogP contribution in [-0.4, -0.2) is 49.0 Å². The SMILES string of the molecule is COCCCCN1CCC(C(C)(C)O)CC1. The summed E-state index contributed by atoms with van der Waals surface area (Å²) in [5.74, 6) is 0.475. The Bertz CT molecular complexity index is 181. The summed E-state index contributed by atoms with van der Waals surface area (Å²) in [5, 5.41) is 9.94. The summed E-state index contributed by atoms with van der Waals surface area (Å²) in [5.41, 5.74) is -0.498. The van der Waals surface area contributed by atoms with Crippen LogP contribution < -0.4 is 0 Å². The normalized spacial score (nSPS) is 20.2. The molecular weight excluding hydrogens is 202 g/mol. The Hall–Kier alpha value is -0.120. The Balaban J connectivity index is 2.12. The van der Waals surface area contributed by atoms with E-state index < -0.39 is 5.60 Å². The highest BCUT2D eigenvalue weighted by Gasteiger charge is 2.30. The minimum Gasteiger partial charge on any atom is -0.390 e. The van der Waals surface area contributed by atoms with Gasteiger partial charge in [0.2, 0.25) is 0 Å². The number of likely N-dealkylation sites (tertiary alicyclic amines) is 1. The Labute approximate surface area is 99.8 Å². The monoisotopic (exact) mass is 229 g/mol. The lowest BCUT2D eigenvalue weighted by molar-refractivity contribution is -0.0128. The zero-order valence-electron chi connectivity index (χ0n) is 11.0. The molecule has 0 aromatic carbocycles. The Kier molecular flexibility index (Phi) is 5.73. The first-order valence-corrected chi connectivity index (χ1v) is 6.47. The highest BCUT2D eigenvalue weighted by Crippen LogP contribution is 2.27. The second-order valence-electron chi connectivity index (χ2n) is 5.47. The molecule has 0 unspecified atom stereocenters. The largest absolute Gasteiger partial charge is 0.390 e. The number of hydrogen-bond acceptors (Lipinski definition) is 3. The molecule has 0 aromatic rings. The highest BCUT2D eigenvalue weighted by molar-refractivity contribution is 4.82. The van der Waals surface area contributed by atoms with Crippen LogP contribution in [0.4, 0.5) is 0 Å². The van der Waals surface area contributed by atoms with Gasteiger partial charge in [-0.2, -0.15) is 0 Å². The average molecular weight is 229 g/mol.